The largest absolute Gasteiger partial charge is 0.326 e. The zero-order valence-corrected chi connectivity index (χ0v) is 8.46. The minimum atomic E-state index is -4.02. The summed E-state index contributed by atoms with van der Waals surface area (Å²) in [5, 5.41) is 2.47. The summed E-state index contributed by atoms with van der Waals surface area (Å²) < 4.78 is 38.8. The lowest BCUT2D eigenvalue weighted by atomic mass is 10.7. The highest BCUT2D eigenvalue weighted by molar-refractivity contribution is 7.85. The zero-order valence-electron chi connectivity index (χ0n) is 6.75. The van der Waals surface area contributed by atoms with Crippen molar-refractivity contribution in [3.05, 3.63) is 0 Å². The van der Waals surface area contributed by atoms with E-state index in [1.54, 1.807) is 0 Å². The quantitative estimate of drug-likeness (QED) is 0.254. The average molecular weight is 233 g/mol. The molecule has 0 atom stereocenters. The van der Waals surface area contributed by atoms with E-state index in [1.807, 2.05) is 0 Å². The monoisotopic (exact) mass is 233 g/mol. The van der Waals surface area contributed by atoms with Crippen molar-refractivity contribution in [1.82, 2.24) is 5.32 Å². The third kappa shape index (κ3) is 12.0. The van der Waals surface area contributed by atoms with Crippen molar-refractivity contribution in [3.8, 4) is 0 Å². The van der Waals surface area contributed by atoms with Crippen molar-refractivity contribution < 1.29 is 27.3 Å². The predicted molar refractivity (Wildman–Crippen MR) is 46.2 cm³/mol. The maximum absolute atomic E-state index is 10.3. The molecule has 80 valence electrons. The van der Waals surface area contributed by atoms with Gasteiger partial charge in [0.15, 0.2) is 0 Å². The number of rotatable bonds is 6. The van der Waals surface area contributed by atoms with Crippen LogP contribution in [0.4, 0.5) is 0 Å². The molecule has 0 amide bonds. The Kier molecular flexibility index (Phi) is 5.05. The Bertz CT molecular complexity index is 281. The van der Waals surface area contributed by atoms with Gasteiger partial charge < -0.3 is 15.1 Å². The van der Waals surface area contributed by atoms with Crippen LogP contribution in [0.1, 0.15) is 0 Å². The number of nitrogens with one attached hydrogen (secondary N) is 1. The molecule has 0 spiro atoms. The molecular weight excluding hydrogens is 221 g/mol. The van der Waals surface area contributed by atoms with Gasteiger partial charge in [0.25, 0.3) is 10.1 Å². The van der Waals surface area contributed by atoms with Crippen LogP contribution >= 0.6 is 7.60 Å². The molecule has 0 heterocycles. The number of hydrogen-bond acceptors (Lipinski definition) is 4. The van der Waals surface area contributed by atoms with Gasteiger partial charge in [0, 0.05) is 13.1 Å². The molecule has 0 radical (unpaired) electrons. The topological polar surface area (TPSA) is 124 Å². The van der Waals surface area contributed by atoms with E-state index < -0.39 is 23.5 Å². The van der Waals surface area contributed by atoms with Crippen LogP contribution in [0.2, 0.25) is 0 Å². The maximum atomic E-state index is 10.3. The molecular formula is C4H12NO6PS. The van der Waals surface area contributed by atoms with Crippen LogP contribution in [-0.2, 0) is 14.7 Å². The van der Waals surface area contributed by atoms with Crippen LogP contribution in [0.3, 0.4) is 0 Å². The Hall–Kier alpha value is 0.0200. The van der Waals surface area contributed by atoms with Gasteiger partial charge in [0.05, 0.1) is 11.9 Å². The second kappa shape index (κ2) is 5.04. The van der Waals surface area contributed by atoms with Crippen molar-refractivity contribution in [3.63, 3.8) is 0 Å². The van der Waals surface area contributed by atoms with Crippen LogP contribution in [0.15, 0.2) is 0 Å². The fraction of sp³-hybridized carbons (Fsp3) is 1.00. The molecule has 13 heavy (non-hydrogen) atoms. The smallest absolute Gasteiger partial charge is 0.324 e. The molecule has 9 heteroatoms. The first-order chi connectivity index (χ1) is 5.71. The van der Waals surface area contributed by atoms with Crippen molar-refractivity contribution in [1.29, 1.82) is 0 Å². The molecule has 0 aliphatic heterocycles. The molecule has 0 aliphatic carbocycles. The molecule has 0 aromatic heterocycles. The van der Waals surface area contributed by atoms with Crippen LogP contribution in [0, 0.1) is 0 Å². The molecule has 0 aromatic rings. The van der Waals surface area contributed by atoms with Crippen molar-refractivity contribution in [2.24, 2.45) is 0 Å². The molecule has 4 N–H and O–H groups in total. The Morgan fingerprint density at radius 3 is 2.15 bits per heavy atom. The molecule has 0 fully saturated rings. The van der Waals surface area contributed by atoms with E-state index in [-0.39, 0.29) is 19.3 Å². The van der Waals surface area contributed by atoms with Crippen molar-refractivity contribution in [2.45, 2.75) is 0 Å². The summed E-state index contributed by atoms with van der Waals surface area (Å²) >= 11 is 0. The van der Waals surface area contributed by atoms with Gasteiger partial charge >= 0.3 is 7.60 Å². The first-order valence-electron chi connectivity index (χ1n) is 3.41. The molecule has 0 saturated carbocycles. The summed E-state index contributed by atoms with van der Waals surface area (Å²) in [5.74, 6) is -0.464. The summed E-state index contributed by atoms with van der Waals surface area (Å²) in [6.45, 7) is -0.0152. The second-order valence-electron chi connectivity index (χ2n) is 2.42. The Morgan fingerprint density at radius 2 is 1.77 bits per heavy atom. The molecule has 0 aromatic carbocycles. The molecule has 7 nitrogen and oxygen atoms in total. The van der Waals surface area contributed by atoms with E-state index in [9.17, 15) is 13.0 Å². The lowest BCUT2D eigenvalue weighted by molar-refractivity contribution is 0.372. The van der Waals surface area contributed by atoms with Gasteiger partial charge in [-0.3, -0.25) is 9.12 Å². The van der Waals surface area contributed by atoms with Gasteiger partial charge in [0.2, 0.25) is 0 Å². The minimum Gasteiger partial charge on any atom is -0.324 e. The molecule has 0 unspecified atom stereocenters. The highest BCUT2D eigenvalue weighted by Gasteiger charge is 2.11. The number of hydrogen-bond donors (Lipinski definition) is 4. The van der Waals surface area contributed by atoms with Gasteiger partial charge in [-0.1, -0.05) is 0 Å². The fourth-order valence-corrected chi connectivity index (χ4v) is 1.40. The highest BCUT2D eigenvalue weighted by atomic mass is 32.2. The van der Waals surface area contributed by atoms with E-state index in [0.717, 1.165) is 0 Å². The lowest BCUT2D eigenvalue weighted by Crippen LogP contribution is -2.25. The Balaban J connectivity index is 3.44. The average Bonchev–Trinajstić information content (AvgIpc) is 1.81. The van der Waals surface area contributed by atoms with E-state index in [1.165, 1.54) is 0 Å². The molecule has 0 aliphatic rings. The first kappa shape index (κ1) is 13.0. The third-order valence-corrected chi connectivity index (χ3v) is 2.64. The summed E-state index contributed by atoms with van der Waals surface area (Å²) in [6, 6.07) is 0. The summed E-state index contributed by atoms with van der Waals surface area (Å²) in [6.07, 6.45) is -0.349. The van der Waals surface area contributed by atoms with Crippen LogP contribution < -0.4 is 5.32 Å². The molecule has 0 rings (SSSR count). The third-order valence-electron chi connectivity index (χ3n) is 1.12. The standard InChI is InChI=1S/C4H12NO6PS/c6-12(7,8)3-1-5-2-4-13(9,10)11/h5H,1-4H2,(H2,6,7,8)(H,9,10,11). The van der Waals surface area contributed by atoms with Crippen molar-refractivity contribution >= 4 is 17.7 Å². The van der Waals surface area contributed by atoms with Gasteiger partial charge in [0.1, 0.15) is 0 Å². The molecule has 0 saturated heterocycles. The first-order valence-corrected chi connectivity index (χ1v) is 6.82. The fourth-order valence-electron chi connectivity index (χ4n) is 0.551. The van der Waals surface area contributed by atoms with Gasteiger partial charge in [-0.05, 0) is 0 Å². The van der Waals surface area contributed by atoms with Crippen LogP contribution in [0.25, 0.3) is 0 Å². The second-order valence-corrected chi connectivity index (χ2v) is 5.77. The Labute approximate surface area is 76.1 Å². The Morgan fingerprint density at radius 1 is 1.23 bits per heavy atom. The summed E-state index contributed by atoms with van der Waals surface area (Å²) in [7, 11) is -8.02. The van der Waals surface area contributed by atoms with E-state index in [4.69, 9.17) is 14.3 Å². The molecule has 0 bridgehead atoms. The highest BCUT2D eigenvalue weighted by Crippen LogP contribution is 2.32. The van der Waals surface area contributed by atoms with E-state index >= 15 is 0 Å². The zero-order chi connectivity index (χ0) is 10.5. The van der Waals surface area contributed by atoms with Gasteiger partial charge in [-0.2, -0.15) is 8.42 Å². The maximum Gasteiger partial charge on any atom is 0.326 e. The van der Waals surface area contributed by atoms with Crippen LogP contribution in [-0.4, -0.2) is 47.8 Å². The lowest BCUT2D eigenvalue weighted by Gasteiger charge is -2.04. The van der Waals surface area contributed by atoms with Crippen molar-refractivity contribution in [2.75, 3.05) is 25.0 Å². The van der Waals surface area contributed by atoms with Gasteiger partial charge in [-0.25, -0.2) is 0 Å². The predicted octanol–water partition coefficient (Wildman–Crippen LogP) is -1.36. The van der Waals surface area contributed by atoms with E-state index in [2.05, 4.69) is 5.32 Å². The normalized spacial score (nSPS) is 13.2. The van der Waals surface area contributed by atoms with Gasteiger partial charge in [-0.15, -0.1) is 0 Å². The SMILES string of the molecule is O=P(O)(O)CCNCCS(=O)(=O)O. The van der Waals surface area contributed by atoms with Crippen LogP contribution in [0.5, 0.6) is 0 Å². The van der Waals surface area contributed by atoms with E-state index in [0.29, 0.717) is 0 Å². The summed E-state index contributed by atoms with van der Waals surface area (Å²) in [4.78, 5) is 16.8. The summed E-state index contributed by atoms with van der Waals surface area (Å²) in [5.41, 5.74) is 0. The minimum absolute atomic E-state index is 0.0137.